The van der Waals surface area contributed by atoms with Crippen molar-refractivity contribution in [2.24, 2.45) is 0 Å². The van der Waals surface area contributed by atoms with Crippen LogP contribution in [0, 0.1) is 0 Å². The van der Waals surface area contributed by atoms with E-state index in [1.165, 1.54) is 20.3 Å². The van der Waals surface area contributed by atoms with Gasteiger partial charge in [-0.2, -0.15) is 5.01 Å². The highest BCUT2D eigenvalue weighted by Crippen LogP contribution is 2.33. The highest BCUT2D eigenvalue weighted by molar-refractivity contribution is 8.26. The van der Waals surface area contributed by atoms with Gasteiger partial charge in [-0.05, 0) is 48.1 Å². The van der Waals surface area contributed by atoms with E-state index in [1.54, 1.807) is 42.5 Å². The van der Waals surface area contributed by atoms with E-state index in [1.807, 2.05) is 0 Å². The Bertz CT molecular complexity index is 990. The minimum Gasteiger partial charge on any atom is -0.504 e. The third-order valence-corrected chi connectivity index (χ3v) is 5.16. The van der Waals surface area contributed by atoms with Gasteiger partial charge in [0.2, 0.25) is 0 Å². The Morgan fingerprint density at radius 2 is 1.89 bits per heavy atom. The maximum Gasteiger partial charge on any atom is 0.285 e. The van der Waals surface area contributed by atoms with Crippen LogP contribution in [-0.4, -0.2) is 40.5 Å². The smallest absolute Gasteiger partial charge is 0.285 e. The number of rotatable bonds is 5. The Morgan fingerprint density at radius 3 is 2.61 bits per heavy atom. The van der Waals surface area contributed by atoms with Crippen molar-refractivity contribution in [3.8, 4) is 17.2 Å². The van der Waals surface area contributed by atoms with Crippen molar-refractivity contribution in [1.29, 1.82) is 0 Å². The normalized spacial score (nSPS) is 15.1. The first-order valence-electron chi connectivity index (χ1n) is 8.03. The van der Waals surface area contributed by atoms with Crippen molar-refractivity contribution < 1.29 is 24.2 Å². The topological polar surface area (TPSA) is 88.1 Å². The van der Waals surface area contributed by atoms with Crippen molar-refractivity contribution in [3.63, 3.8) is 0 Å². The molecule has 2 N–H and O–H groups in total. The Kier molecular flexibility index (Phi) is 5.86. The number of thioether (sulfide) groups is 1. The van der Waals surface area contributed by atoms with Gasteiger partial charge in [0.1, 0.15) is 5.75 Å². The van der Waals surface area contributed by atoms with E-state index in [0.29, 0.717) is 16.2 Å². The van der Waals surface area contributed by atoms with Gasteiger partial charge in [-0.3, -0.25) is 15.0 Å². The van der Waals surface area contributed by atoms with E-state index in [0.717, 1.165) is 16.8 Å². The molecule has 0 radical (unpaired) electrons. The summed E-state index contributed by atoms with van der Waals surface area (Å²) < 4.78 is 10.4. The summed E-state index contributed by atoms with van der Waals surface area (Å²) in [7, 11) is 2.89. The molecule has 0 spiro atoms. The number of ether oxygens (including phenoxy) is 2. The molecule has 0 atom stereocenters. The van der Waals surface area contributed by atoms with Crippen LogP contribution in [0.4, 0.5) is 0 Å². The van der Waals surface area contributed by atoms with Crippen LogP contribution in [0.5, 0.6) is 17.2 Å². The summed E-state index contributed by atoms with van der Waals surface area (Å²) in [4.78, 5) is 25.6. The number of aromatic hydroxyl groups is 1. The minimum atomic E-state index is -0.513. The van der Waals surface area contributed by atoms with Gasteiger partial charge in [-0.25, -0.2) is 0 Å². The lowest BCUT2D eigenvalue weighted by Gasteiger charge is -2.16. The Morgan fingerprint density at radius 1 is 1.18 bits per heavy atom. The lowest BCUT2D eigenvalue weighted by Crippen LogP contribution is -2.44. The predicted molar refractivity (Wildman–Crippen MR) is 110 cm³/mol. The predicted octanol–water partition coefficient (Wildman–Crippen LogP) is 2.96. The van der Waals surface area contributed by atoms with Crippen LogP contribution < -0.4 is 14.9 Å². The molecule has 0 aliphatic carbocycles. The molecule has 0 aromatic heterocycles. The fourth-order valence-electron chi connectivity index (χ4n) is 2.49. The Hall–Kier alpha value is -3.04. The van der Waals surface area contributed by atoms with Gasteiger partial charge in [0.15, 0.2) is 15.8 Å². The monoisotopic (exact) mass is 416 g/mol. The minimum absolute atomic E-state index is 0.00345. The number of nitrogens with one attached hydrogen (secondary N) is 1. The molecule has 1 fully saturated rings. The second-order valence-electron chi connectivity index (χ2n) is 5.59. The maximum absolute atomic E-state index is 12.7. The molecule has 0 unspecified atom stereocenters. The summed E-state index contributed by atoms with van der Waals surface area (Å²) in [5, 5.41) is 10.7. The molecule has 0 bridgehead atoms. The average Bonchev–Trinajstić information content (AvgIpc) is 2.96. The number of benzene rings is 2. The number of thiocarbonyl (C=S) groups is 1. The Labute approximate surface area is 170 Å². The lowest BCUT2D eigenvalue weighted by atomic mass is 10.2. The summed E-state index contributed by atoms with van der Waals surface area (Å²) in [5.74, 6) is -0.297. The fourth-order valence-corrected chi connectivity index (χ4v) is 3.67. The van der Waals surface area contributed by atoms with E-state index < -0.39 is 11.8 Å². The zero-order valence-corrected chi connectivity index (χ0v) is 16.6. The molecule has 2 aromatic rings. The number of phenols is 1. The molecular formula is C19H16N2O5S2. The molecule has 2 amide bonds. The number of nitrogens with zero attached hydrogens (tertiary/aromatic N) is 1. The molecule has 28 heavy (non-hydrogen) atoms. The SMILES string of the molecule is COc1cc(/C=C2\SC(=S)N(NC(=O)c3ccccc3OC)C2=O)ccc1O. The highest BCUT2D eigenvalue weighted by Gasteiger charge is 2.34. The van der Waals surface area contributed by atoms with Crippen LogP contribution in [0.2, 0.25) is 0 Å². The highest BCUT2D eigenvalue weighted by atomic mass is 32.2. The third kappa shape index (κ3) is 3.95. The molecule has 2 aromatic carbocycles. The summed E-state index contributed by atoms with van der Waals surface area (Å²) in [6, 6.07) is 11.4. The molecule has 0 saturated carbocycles. The number of phenolic OH excluding ortho intramolecular Hbond substituents is 1. The number of carbonyl (C=O) groups is 2. The van der Waals surface area contributed by atoms with Crippen molar-refractivity contribution >= 4 is 46.2 Å². The second-order valence-corrected chi connectivity index (χ2v) is 7.27. The largest absolute Gasteiger partial charge is 0.504 e. The first-order chi connectivity index (χ1) is 13.4. The lowest BCUT2D eigenvalue weighted by molar-refractivity contribution is -0.123. The van der Waals surface area contributed by atoms with Gasteiger partial charge in [-0.15, -0.1) is 0 Å². The third-order valence-electron chi connectivity index (χ3n) is 3.86. The van der Waals surface area contributed by atoms with Gasteiger partial charge >= 0.3 is 0 Å². The standard InChI is InChI=1S/C19H16N2O5S2/c1-25-14-6-4-3-5-12(14)17(23)20-21-18(24)16(28-19(21)27)10-11-7-8-13(22)15(9-11)26-2/h3-10,22H,1-2H3,(H,20,23)/b16-10-. The van der Waals surface area contributed by atoms with Crippen LogP contribution in [0.25, 0.3) is 6.08 Å². The Balaban J connectivity index is 1.81. The van der Waals surface area contributed by atoms with Crippen molar-refractivity contribution in [1.82, 2.24) is 10.4 Å². The molecule has 1 heterocycles. The molecule has 3 rings (SSSR count). The van der Waals surface area contributed by atoms with Crippen LogP contribution in [0.3, 0.4) is 0 Å². The summed E-state index contributed by atoms with van der Waals surface area (Å²) in [5.41, 5.74) is 3.44. The number of amides is 2. The zero-order valence-electron chi connectivity index (χ0n) is 15.0. The van der Waals surface area contributed by atoms with Gasteiger partial charge in [0, 0.05) is 0 Å². The maximum atomic E-state index is 12.7. The number of hydrogen-bond donors (Lipinski definition) is 2. The van der Waals surface area contributed by atoms with Gasteiger partial charge in [0.05, 0.1) is 24.7 Å². The summed E-state index contributed by atoms with van der Waals surface area (Å²) >= 11 is 6.29. The van der Waals surface area contributed by atoms with E-state index in [4.69, 9.17) is 21.7 Å². The molecule has 1 aliphatic rings. The first kappa shape index (κ1) is 19.7. The molecule has 1 saturated heterocycles. The van der Waals surface area contributed by atoms with Crippen LogP contribution in [0.15, 0.2) is 47.4 Å². The average molecular weight is 416 g/mol. The summed E-state index contributed by atoms with van der Waals surface area (Å²) in [6.07, 6.45) is 1.61. The number of methoxy groups -OCH3 is 2. The molecule has 7 nitrogen and oxygen atoms in total. The van der Waals surface area contributed by atoms with Crippen LogP contribution in [-0.2, 0) is 4.79 Å². The second kappa shape index (κ2) is 8.32. The summed E-state index contributed by atoms with van der Waals surface area (Å²) in [6.45, 7) is 0. The van der Waals surface area contributed by atoms with Gasteiger partial charge < -0.3 is 14.6 Å². The molecular weight excluding hydrogens is 400 g/mol. The molecule has 144 valence electrons. The van der Waals surface area contributed by atoms with Crippen LogP contribution >= 0.6 is 24.0 Å². The number of hydrazine groups is 1. The van der Waals surface area contributed by atoms with E-state index >= 15 is 0 Å². The van der Waals surface area contributed by atoms with Crippen molar-refractivity contribution in [3.05, 3.63) is 58.5 Å². The van der Waals surface area contributed by atoms with Gasteiger partial charge in [0.25, 0.3) is 11.8 Å². The van der Waals surface area contributed by atoms with Crippen LogP contribution in [0.1, 0.15) is 15.9 Å². The zero-order chi connectivity index (χ0) is 20.3. The number of para-hydroxylation sites is 1. The van der Waals surface area contributed by atoms with Crippen molar-refractivity contribution in [2.45, 2.75) is 0 Å². The van der Waals surface area contributed by atoms with E-state index in [9.17, 15) is 14.7 Å². The van der Waals surface area contributed by atoms with E-state index in [2.05, 4.69) is 5.43 Å². The quantitative estimate of drug-likeness (QED) is 0.572. The first-order valence-corrected chi connectivity index (χ1v) is 9.26. The number of hydrogen-bond acceptors (Lipinski definition) is 7. The van der Waals surface area contributed by atoms with Gasteiger partial charge in [-0.1, -0.05) is 30.0 Å². The molecule has 9 heteroatoms. The van der Waals surface area contributed by atoms with E-state index in [-0.39, 0.29) is 21.4 Å². The number of carbonyl (C=O) groups excluding carboxylic acids is 2. The van der Waals surface area contributed by atoms with Crippen molar-refractivity contribution in [2.75, 3.05) is 14.2 Å². The molecule has 1 aliphatic heterocycles. The fraction of sp³-hybridized carbons (Fsp3) is 0.105.